The van der Waals surface area contributed by atoms with E-state index in [9.17, 15) is 14.4 Å². The van der Waals surface area contributed by atoms with Gasteiger partial charge < -0.3 is 4.90 Å². The Hall–Kier alpha value is -3.47. The van der Waals surface area contributed by atoms with Gasteiger partial charge in [-0.05, 0) is 29.8 Å². The van der Waals surface area contributed by atoms with Gasteiger partial charge in [-0.3, -0.25) is 19.3 Å². The smallest absolute Gasteiger partial charge is 0.261 e. The zero-order chi connectivity index (χ0) is 19.4. The van der Waals surface area contributed by atoms with E-state index in [1.807, 2.05) is 0 Å². The van der Waals surface area contributed by atoms with Crippen molar-refractivity contribution in [2.75, 3.05) is 13.1 Å². The third-order valence-electron chi connectivity index (χ3n) is 4.41. The molecule has 0 aliphatic carbocycles. The van der Waals surface area contributed by atoms with E-state index in [0.717, 1.165) is 5.56 Å². The third-order valence-corrected chi connectivity index (χ3v) is 4.41. The normalized spacial score (nSPS) is 12.7. The lowest BCUT2D eigenvalue weighted by atomic mass is 10.1. The molecule has 0 saturated carbocycles. The SMILES string of the molecule is C=CCN(CC=C)C(=O)c1ccc(CN2C(=O)c3ccccc3C2=O)cc1. The highest BCUT2D eigenvalue weighted by Gasteiger charge is 2.34. The number of carbonyl (C=O) groups excluding carboxylic acids is 3. The Balaban J connectivity index is 1.74. The summed E-state index contributed by atoms with van der Waals surface area (Å²) < 4.78 is 0. The number of fused-ring (bicyclic) bond motifs is 1. The van der Waals surface area contributed by atoms with E-state index < -0.39 is 0 Å². The van der Waals surface area contributed by atoms with E-state index in [1.165, 1.54) is 4.90 Å². The van der Waals surface area contributed by atoms with Crippen LogP contribution in [-0.4, -0.2) is 40.6 Å². The number of rotatable bonds is 7. The third kappa shape index (κ3) is 3.58. The Labute approximate surface area is 158 Å². The van der Waals surface area contributed by atoms with Gasteiger partial charge >= 0.3 is 0 Å². The summed E-state index contributed by atoms with van der Waals surface area (Å²) >= 11 is 0. The number of carbonyl (C=O) groups is 3. The van der Waals surface area contributed by atoms with Crippen LogP contribution in [0.4, 0.5) is 0 Å². The van der Waals surface area contributed by atoms with Crippen molar-refractivity contribution >= 4 is 17.7 Å². The molecule has 0 N–H and O–H groups in total. The van der Waals surface area contributed by atoms with Crippen LogP contribution in [-0.2, 0) is 6.54 Å². The van der Waals surface area contributed by atoms with Crippen LogP contribution in [0.1, 0.15) is 36.6 Å². The van der Waals surface area contributed by atoms with E-state index in [0.29, 0.717) is 29.8 Å². The van der Waals surface area contributed by atoms with Crippen LogP contribution < -0.4 is 0 Å². The molecule has 0 aromatic heterocycles. The minimum absolute atomic E-state index is 0.123. The fraction of sp³-hybridized carbons (Fsp3) is 0.136. The quantitative estimate of drug-likeness (QED) is 0.562. The van der Waals surface area contributed by atoms with Crippen LogP contribution in [0.25, 0.3) is 0 Å². The summed E-state index contributed by atoms with van der Waals surface area (Å²) in [5, 5.41) is 0. The fourth-order valence-electron chi connectivity index (χ4n) is 3.05. The van der Waals surface area contributed by atoms with E-state index >= 15 is 0 Å². The van der Waals surface area contributed by atoms with E-state index in [4.69, 9.17) is 0 Å². The molecule has 3 rings (SSSR count). The first-order chi connectivity index (χ1) is 13.1. The van der Waals surface area contributed by atoms with Crippen molar-refractivity contribution in [1.29, 1.82) is 0 Å². The Morgan fingerprint density at radius 2 is 1.41 bits per heavy atom. The Morgan fingerprint density at radius 3 is 1.89 bits per heavy atom. The first kappa shape index (κ1) is 18.3. The molecule has 0 saturated heterocycles. The highest BCUT2D eigenvalue weighted by molar-refractivity contribution is 6.21. The molecule has 3 amide bonds. The van der Waals surface area contributed by atoms with Crippen molar-refractivity contribution in [1.82, 2.24) is 9.80 Å². The lowest BCUT2D eigenvalue weighted by Crippen LogP contribution is -2.31. The summed E-state index contributed by atoms with van der Waals surface area (Å²) in [6.45, 7) is 8.36. The van der Waals surface area contributed by atoms with Crippen molar-refractivity contribution in [2.45, 2.75) is 6.54 Å². The second-order valence-electron chi connectivity index (χ2n) is 6.23. The number of benzene rings is 2. The molecule has 27 heavy (non-hydrogen) atoms. The predicted octanol–water partition coefficient (Wildman–Crippen LogP) is 3.30. The number of hydrogen-bond donors (Lipinski definition) is 0. The minimum atomic E-state index is -0.293. The van der Waals surface area contributed by atoms with Gasteiger partial charge in [-0.2, -0.15) is 0 Å². The van der Waals surface area contributed by atoms with Crippen LogP contribution in [0.2, 0.25) is 0 Å². The molecule has 0 unspecified atom stereocenters. The van der Waals surface area contributed by atoms with Crippen LogP contribution in [0.15, 0.2) is 73.8 Å². The number of nitrogens with zero attached hydrogens (tertiary/aromatic N) is 2. The zero-order valence-corrected chi connectivity index (χ0v) is 14.9. The molecule has 2 aromatic carbocycles. The van der Waals surface area contributed by atoms with Gasteiger partial charge in [-0.15, -0.1) is 13.2 Å². The maximum atomic E-state index is 12.5. The first-order valence-corrected chi connectivity index (χ1v) is 8.62. The molecule has 0 spiro atoms. The molecular weight excluding hydrogens is 340 g/mol. The maximum Gasteiger partial charge on any atom is 0.261 e. The molecule has 5 heteroatoms. The Morgan fingerprint density at radius 1 is 0.889 bits per heavy atom. The summed E-state index contributed by atoms with van der Waals surface area (Å²) in [4.78, 5) is 40.3. The van der Waals surface area contributed by atoms with Crippen molar-refractivity contribution in [3.05, 3.63) is 96.1 Å². The maximum absolute atomic E-state index is 12.5. The van der Waals surface area contributed by atoms with E-state index in [1.54, 1.807) is 65.6 Å². The minimum Gasteiger partial charge on any atom is -0.331 e. The van der Waals surface area contributed by atoms with Gasteiger partial charge in [0.1, 0.15) is 0 Å². The van der Waals surface area contributed by atoms with Gasteiger partial charge in [0.2, 0.25) is 0 Å². The highest BCUT2D eigenvalue weighted by atomic mass is 16.2. The lowest BCUT2D eigenvalue weighted by Gasteiger charge is -2.19. The van der Waals surface area contributed by atoms with Crippen molar-refractivity contribution in [2.24, 2.45) is 0 Å². The summed E-state index contributed by atoms with van der Waals surface area (Å²) in [6.07, 6.45) is 3.33. The van der Waals surface area contributed by atoms with Gasteiger partial charge in [-0.1, -0.05) is 36.4 Å². The largest absolute Gasteiger partial charge is 0.331 e. The van der Waals surface area contributed by atoms with E-state index in [-0.39, 0.29) is 24.3 Å². The second kappa shape index (κ2) is 7.83. The monoisotopic (exact) mass is 360 g/mol. The average Bonchev–Trinajstić information content (AvgIpc) is 2.93. The molecule has 1 aliphatic heterocycles. The van der Waals surface area contributed by atoms with Gasteiger partial charge in [0, 0.05) is 18.7 Å². The van der Waals surface area contributed by atoms with Crippen molar-refractivity contribution in [3.8, 4) is 0 Å². The van der Waals surface area contributed by atoms with Gasteiger partial charge in [0.15, 0.2) is 0 Å². The van der Waals surface area contributed by atoms with Crippen LogP contribution in [0.5, 0.6) is 0 Å². The summed E-state index contributed by atoms with van der Waals surface area (Å²) in [5.41, 5.74) is 2.17. The molecule has 2 aromatic rings. The average molecular weight is 360 g/mol. The van der Waals surface area contributed by atoms with Crippen molar-refractivity contribution < 1.29 is 14.4 Å². The fourth-order valence-corrected chi connectivity index (χ4v) is 3.05. The number of hydrogen-bond acceptors (Lipinski definition) is 3. The summed E-state index contributed by atoms with van der Waals surface area (Å²) in [7, 11) is 0. The topological polar surface area (TPSA) is 57.7 Å². The molecule has 136 valence electrons. The standard InChI is InChI=1S/C22H20N2O3/c1-3-13-23(14-4-2)20(25)17-11-9-16(10-12-17)15-24-21(26)18-7-5-6-8-19(18)22(24)27/h3-12H,1-2,13-15H2. The van der Waals surface area contributed by atoms with Crippen LogP contribution in [0.3, 0.4) is 0 Å². The van der Waals surface area contributed by atoms with Gasteiger partial charge in [-0.25, -0.2) is 0 Å². The summed E-state index contributed by atoms with van der Waals surface area (Å²) in [5.74, 6) is -0.708. The molecule has 1 heterocycles. The van der Waals surface area contributed by atoms with Gasteiger partial charge in [0.25, 0.3) is 17.7 Å². The Kier molecular flexibility index (Phi) is 5.31. The predicted molar refractivity (Wildman–Crippen MR) is 103 cm³/mol. The Bertz CT molecular complexity index is 870. The molecule has 0 bridgehead atoms. The van der Waals surface area contributed by atoms with Crippen LogP contribution in [0, 0.1) is 0 Å². The molecule has 0 atom stereocenters. The number of amides is 3. The molecule has 5 nitrogen and oxygen atoms in total. The van der Waals surface area contributed by atoms with E-state index in [2.05, 4.69) is 13.2 Å². The molecule has 0 radical (unpaired) electrons. The van der Waals surface area contributed by atoms with Gasteiger partial charge in [0.05, 0.1) is 17.7 Å². The lowest BCUT2D eigenvalue weighted by molar-refractivity contribution is 0.0641. The molecular formula is C22H20N2O3. The first-order valence-electron chi connectivity index (χ1n) is 8.62. The van der Waals surface area contributed by atoms with Crippen molar-refractivity contribution in [3.63, 3.8) is 0 Å². The number of imide groups is 1. The molecule has 1 aliphatic rings. The highest BCUT2D eigenvalue weighted by Crippen LogP contribution is 2.24. The zero-order valence-electron chi connectivity index (χ0n) is 14.9. The second-order valence-corrected chi connectivity index (χ2v) is 6.23. The summed E-state index contributed by atoms with van der Waals surface area (Å²) in [6, 6.07) is 13.7. The molecule has 0 fully saturated rings. The van der Waals surface area contributed by atoms with Crippen LogP contribution >= 0.6 is 0 Å².